The summed E-state index contributed by atoms with van der Waals surface area (Å²) in [4.78, 5) is 0. The predicted molar refractivity (Wildman–Crippen MR) is 83.6 cm³/mol. The second-order valence-electron chi connectivity index (χ2n) is 6.92. The van der Waals surface area contributed by atoms with Gasteiger partial charge in [0.15, 0.2) is 0 Å². The Hall–Kier alpha value is -1.10. The molecule has 0 radical (unpaired) electrons. The number of aliphatic hydroxyl groups is 1. The van der Waals surface area contributed by atoms with Crippen LogP contribution in [0.5, 0.6) is 5.75 Å². The second kappa shape index (κ2) is 5.95. The molecule has 0 aromatic heterocycles. The van der Waals surface area contributed by atoms with Crippen molar-refractivity contribution in [2.45, 2.75) is 57.5 Å². The quantitative estimate of drug-likeness (QED) is 0.876. The zero-order valence-corrected chi connectivity index (χ0v) is 13.6. The number of nitrogens with one attached hydrogen (secondary N) is 1. The highest BCUT2D eigenvalue weighted by Crippen LogP contribution is 2.37. The topological polar surface area (TPSA) is 50.7 Å². The molecular weight excluding hydrogens is 266 g/mol. The Labute approximate surface area is 127 Å². The molecule has 2 rings (SSSR count). The minimum absolute atomic E-state index is 0.123. The molecule has 2 unspecified atom stereocenters. The van der Waals surface area contributed by atoms with Gasteiger partial charge in [0.2, 0.25) is 0 Å². The largest absolute Gasteiger partial charge is 0.497 e. The molecule has 2 N–H and O–H groups in total. The number of benzene rings is 1. The molecule has 1 aromatic carbocycles. The lowest BCUT2D eigenvalue weighted by molar-refractivity contribution is -0.0702. The summed E-state index contributed by atoms with van der Waals surface area (Å²) in [6.07, 6.45) is 0.379. The summed E-state index contributed by atoms with van der Waals surface area (Å²) in [5, 5.41) is 13.8. The molecule has 0 saturated carbocycles. The van der Waals surface area contributed by atoms with Crippen LogP contribution in [0.2, 0.25) is 0 Å². The van der Waals surface area contributed by atoms with Gasteiger partial charge in [0.05, 0.1) is 24.4 Å². The summed E-state index contributed by atoms with van der Waals surface area (Å²) in [7, 11) is 1.63. The van der Waals surface area contributed by atoms with Crippen LogP contribution in [0.15, 0.2) is 24.3 Å². The molecule has 1 heterocycles. The zero-order chi connectivity index (χ0) is 15.7. The Kier molecular flexibility index (Phi) is 4.61. The van der Waals surface area contributed by atoms with Gasteiger partial charge in [0, 0.05) is 12.6 Å². The van der Waals surface area contributed by atoms with Gasteiger partial charge in [-0.25, -0.2) is 0 Å². The van der Waals surface area contributed by atoms with E-state index in [1.807, 2.05) is 24.3 Å². The zero-order valence-electron chi connectivity index (χ0n) is 13.6. The van der Waals surface area contributed by atoms with E-state index in [1.165, 1.54) is 0 Å². The Morgan fingerprint density at radius 3 is 2.67 bits per heavy atom. The van der Waals surface area contributed by atoms with E-state index in [4.69, 9.17) is 9.47 Å². The third-order valence-corrected chi connectivity index (χ3v) is 4.11. The number of methoxy groups -OCH3 is 1. The highest BCUT2D eigenvalue weighted by molar-refractivity contribution is 5.29. The van der Waals surface area contributed by atoms with Crippen molar-refractivity contribution < 1.29 is 14.6 Å². The fourth-order valence-corrected chi connectivity index (χ4v) is 3.10. The van der Waals surface area contributed by atoms with Gasteiger partial charge in [0.1, 0.15) is 5.75 Å². The van der Waals surface area contributed by atoms with Crippen molar-refractivity contribution in [3.05, 3.63) is 29.8 Å². The van der Waals surface area contributed by atoms with Crippen LogP contribution in [0.4, 0.5) is 0 Å². The van der Waals surface area contributed by atoms with Crippen molar-refractivity contribution >= 4 is 0 Å². The molecule has 0 spiro atoms. The number of aliphatic hydroxyl groups excluding tert-OH is 1. The van der Waals surface area contributed by atoms with Crippen LogP contribution < -0.4 is 10.1 Å². The molecule has 1 fully saturated rings. The summed E-state index contributed by atoms with van der Waals surface area (Å²) < 4.78 is 11.3. The molecule has 0 aliphatic carbocycles. The first kappa shape index (κ1) is 16.3. The van der Waals surface area contributed by atoms with Crippen LogP contribution in [0.25, 0.3) is 0 Å². The van der Waals surface area contributed by atoms with Crippen LogP contribution in [-0.2, 0) is 4.74 Å². The lowest BCUT2D eigenvalue weighted by Gasteiger charge is -2.28. The van der Waals surface area contributed by atoms with Crippen LogP contribution >= 0.6 is 0 Å². The molecule has 4 heteroatoms. The average Bonchev–Trinajstić information content (AvgIpc) is 2.63. The first-order valence-electron chi connectivity index (χ1n) is 7.49. The van der Waals surface area contributed by atoms with Gasteiger partial charge < -0.3 is 19.9 Å². The van der Waals surface area contributed by atoms with Crippen LogP contribution in [0.3, 0.4) is 0 Å². The first-order chi connectivity index (χ1) is 9.73. The van der Waals surface area contributed by atoms with Crippen molar-refractivity contribution in [3.63, 3.8) is 0 Å². The van der Waals surface area contributed by atoms with Crippen molar-refractivity contribution in [1.82, 2.24) is 5.32 Å². The molecule has 0 bridgehead atoms. The van der Waals surface area contributed by atoms with Gasteiger partial charge in [-0.1, -0.05) is 12.1 Å². The van der Waals surface area contributed by atoms with Gasteiger partial charge in [-0.3, -0.25) is 0 Å². The normalized spacial score (nSPS) is 24.8. The van der Waals surface area contributed by atoms with Crippen LogP contribution in [0, 0.1) is 0 Å². The summed E-state index contributed by atoms with van der Waals surface area (Å²) in [5.41, 5.74) is 0.512. The third kappa shape index (κ3) is 3.96. The SMILES string of the molecule is COc1cccc(C(O)CNC2CC(C)(C)OC2(C)C)c1. The van der Waals surface area contributed by atoms with Crippen LogP contribution in [0.1, 0.15) is 45.8 Å². The summed E-state index contributed by atoms with van der Waals surface area (Å²) in [5.74, 6) is 0.761. The average molecular weight is 293 g/mol. The van der Waals surface area contributed by atoms with Crippen molar-refractivity contribution in [1.29, 1.82) is 0 Å². The van der Waals surface area contributed by atoms with Gasteiger partial charge in [0.25, 0.3) is 0 Å². The molecule has 1 aromatic rings. The maximum Gasteiger partial charge on any atom is 0.119 e. The summed E-state index contributed by atoms with van der Waals surface area (Å²) in [6.45, 7) is 8.90. The maximum absolute atomic E-state index is 10.3. The Morgan fingerprint density at radius 1 is 1.38 bits per heavy atom. The maximum atomic E-state index is 10.3. The number of ether oxygens (including phenoxy) is 2. The fraction of sp³-hybridized carbons (Fsp3) is 0.647. The summed E-state index contributed by atoms with van der Waals surface area (Å²) in [6, 6.07) is 7.78. The van der Waals surface area contributed by atoms with Gasteiger partial charge in [-0.15, -0.1) is 0 Å². The van der Waals surface area contributed by atoms with Gasteiger partial charge in [-0.05, 0) is 51.8 Å². The van der Waals surface area contributed by atoms with Gasteiger partial charge >= 0.3 is 0 Å². The molecule has 1 saturated heterocycles. The number of hydrogen-bond donors (Lipinski definition) is 2. The smallest absolute Gasteiger partial charge is 0.119 e. The van der Waals surface area contributed by atoms with E-state index in [0.29, 0.717) is 6.54 Å². The Balaban J connectivity index is 1.96. The molecular formula is C17H27NO3. The minimum Gasteiger partial charge on any atom is -0.497 e. The van der Waals surface area contributed by atoms with Gasteiger partial charge in [-0.2, -0.15) is 0 Å². The molecule has 4 nitrogen and oxygen atoms in total. The van der Waals surface area contributed by atoms with E-state index in [1.54, 1.807) is 7.11 Å². The van der Waals surface area contributed by atoms with E-state index in [9.17, 15) is 5.11 Å². The Bertz CT molecular complexity index is 485. The summed E-state index contributed by atoms with van der Waals surface area (Å²) >= 11 is 0. The first-order valence-corrected chi connectivity index (χ1v) is 7.49. The molecule has 1 aliphatic rings. The minimum atomic E-state index is -0.556. The van der Waals surface area contributed by atoms with E-state index in [-0.39, 0.29) is 17.2 Å². The number of rotatable bonds is 5. The van der Waals surface area contributed by atoms with E-state index in [2.05, 4.69) is 33.0 Å². The van der Waals surface area contributed by atoms with Crippen molar-refractivity contribution in [2.75, 3.05) is 13.7 Å². The third-order valence-electron chi connectivity index (χ3n) is 4.11. The molecule has 21 heavy (non-hydrogen) atoms. The Morgan fingerprint density at radius 2 is 2.10 bits per heavy atom. The molecule has 0 amide bonds. The van der Waals surface area contributed by atoms with Crippen molar-refractivity contribution in [2.24, 2.45) is 0 Å². The lowest BCUT2D eigenvalue weighted by Crippen LogP contribution is -2.44. The highest BCUT2D eigenvalue weighted by Gasteiger charge is 2.45. The standard InChI is InChI=1S/C17H27NO3/c1-16(2)10-15(17(3,4)21-16)18-11-14(19)12-7-6-8-13(9-12)20-5/h6-9,14-15,18-19H,10-11H2,1-5H3. The fourth-order valence-electron chi connectivity index (χ4n) is 3.10. The van der Waals surface area contributed by atoms with E-state index in [0.717, 1.165) is 17.7 Å². The second-order valence-corrected chi connectivity index (χ2v) is 6.92. The molecule has 2 atom stereocenters. The van der Waals surface area contributed by atoms with Crippen molar-refractivity contribution in [3.8, 4) is 5.75 Å². The van der Waals surface area contributed by atoms with E-state index < -0.39 is 6.10 Å². The van der Waals surface area contributed by atoms with Crippen LogP contribution in [-0.4, -0.2) is 36.0 Å². The predicted octanol–water partition coefficient (Wildman–Crippen LogP) is 2.66. The molecule has 118 valence electrons. The number of hydrogen-bond acceptors (Lipinski definition) is 4. The molecule has 1 aliphatic heterocycles. The van der Waals surface area contributed by atoms with E-state index >= 15 is 0 Å². The lowest BCUT2D eigenvalue weighted by atomic mass is 9.94. The highest BCUT2D eigenvalue weighted by atomic mass is 16.5. The monoisotopic (exact) mass is 293 g/mol.